The van der Waals surface area contributed by atoms with Crippen LogP contribution in [0.25, 0.3) is 0 Å². The van der Waals surface area contributed by atoms with E-state index in [0.717, 1.165) is 18.5 Å². The van der Waals surface area contributed by atoms with Gasteiger partial charge in [-0.05, 0) is 36.1 Å². The zero-order valence-corrected chi connectivity index (χ0v) is 11.7. The molecule has 21 heavy (non-hydrogen) atoms. The number of nitrogens with one attached hydrogen (secondary N) is 1. The number of anilines is 1. The third-order valence-electron chi connectivity index (χ3n) is 3.64. The van der Waals surface area contributed by atoms with E-state index < -0.39 is 5.91 Å². The number of carbonyl (C=O) groups excluding carboxylic acids is 1. The van der Waals surface area contributed by atoms with E-state index in [4.69, 9.17) is 10.5 Å². The van der Waals surface area contributed by atoms with Crippen molar-refractivity contribution < 1.29 is 9.53 Å². The molecule has 2 aromatic carbocycles. The topological polar surface area (TPSA) is 64.4 Å². The van der Waals surface area contributed by atoms with Gasteiger partial charge in [0.05, 0.1) is 0 Å². The van der Waals surface area contributed by atoms with Crippen LogP contribution in [0.1, 0.15) is 11.1 Å². The monoisotopic (exact) mass is 282 g/mol. The van der Waals surface area contributed by atoms with Crippen LogP contribution in [-0.2, 0) is 17.6 Å². The van der Waals surface area contributed by atoms with E-state index in [1.165, 1.54) is 11.1 Å². The van der Waals surface area contributed by atoms with Gasteiger partial charge in [0.25, 0.3) is 5.91 Å². The number of primary amides is 1. The second-order valence-corrected chi connectivity index (χ2v) is 5.30. The van der Waals surface area contributed by atoms with E-state index in [-0.39, 0.29) is 6.61 Å². The first-order valence-electron chi connectivity index (χ1n) is 7.05. The van der Waals surface area contributed by atoms with Crippen LogP contribution in [0.15, 0.2) is 48.5 Å². The fraction of sp³-hybridized carbons (Fsp3) is 0.235. The maximum atomic E-state index is 10.7. The molecule has 0 radical (unpaired) electrons. The van der Waals surface area contributed by atoms with Crippen molar-refractivity contribution in [3.63, 3.8) is 0 Å². The minimum Gasteiger partial charge on any atom is -0.484 e. The van der Waals surface area contributed by atoms with E-state index in [0.29, 0.717) is 11.8 Å². The van der Waals surface area contributed by atoms with Crippen molar-refractivity contribution in [2.45, 2.75) is 18.9 Å². The second-order valence-electron chi connectivity index (χ2n) is 5.30. The first-order valence-corrected chi connectivity index (χ1v) is 7.05. The molecule has 4 nitrogen and oxygen atoms in total. The molecule has 3 N–H and O–H groups in total. The second kappa shape index (κ2) is 5.87. The quantitative estimate of drug-likeness (QED) is 0.883. The van der Waals surface area contributed by atoms with Gasteiger partial charge < -0.3 is 15.8 Å². The predicted molar refractivity (Wildman–Crippen MR) is 82.4 cm³/mol. The molecule has 3 rings (SSSR count). The van der Waals surface area contributed by atoms with E-state index in [9.17, 15) is 4.79 Å². The number of ether oxygens (including phenoxy) is 1. The summed E-state index contributed by atoms with van der Waals surface area (Å²) in [6.45, 7) is -0.0989. The molecule has 1 aliphatic carbocycles. The van der Waals surface area contributed by atoms with Crippen LogP contribution >= 0.6 is 0 Å². The van der Waals surface area contributed by atoms with Crippen LogP contribution in [0.2, 0.25) is 0 Å². The Hall–Kier alpha value is -2.49. The Morgan fingerprint density at radius 3 is 2.52 bits per heavy atom. The summed E-state index contributed by atoms with van der Waals surface area (Å²) < 4.78 is 5.32. The minimum atomic E-state index is -0.473. The molecule has 0 aromatic heterocycles. The lowest BCUT2D eigenvalue weighted by Gasteiger charge is -2.14. The molecule has 0 unspecified atom stereocenters. The highest BCUT2D eigenvalue weighted by Gasteiger charge is 2.20. The number of carbonyl (C=O) groups is 1. The number of rotatable bonds is 5. The number of hydrogen-bond acceptors (Lipinski definition) is 3. The van der Waals surface area contributed by atoms with Gasteiger partial charge in [0.1, 0.15) is 5.75 Å². The maximum absolute atomic E-state index is 10.7. The van der Waals surface area contributed by atoms with Crippen molar-refractivity contribution in [1.29, 1.82) is 0 Å². The molecular weight excluding hydrogens is 264 g/mol. The standard InChI is InChI=1S/C17H18N2O2/c18-17(20)11-21-16-7-3-6-14(10-16)19-15-8-12-4-1-2-5-13(12)9-15/h1-7,10,15,19H,8-9,11H2,(H2,18,20). The van der Waals surface area contributed by atoms with Gasteiger partial charge in [-0.2, -0.15) is 0 Å². The Balaban J connectivity index is 1.64. The van der Waals surface area contributed by atoms with Gasteiger partial charge in [-0.3, -0.25) is 4.79 Å². The molecule has 4 heteroatoms. The van der Waals surface area contributed by atoms with Crippen molar-refractivity contribution >= 4 is 11.6 Å². The van der Waals surface area contributed by atoms with Gasteiger partial charge in [-0.1, -0.05) is 30.3 Å². The van der Waals surface area contributed by atoms with Crippen LogP contribution in [0.5, 0.6) is 5.75 Å². The van der Waals surface area contributed by atoms with Crippen molar-refractivity contribution in [2.75, 3.05) is 11.9 Å². The molecule has 0 spiro atoms. The molecule has 0 saturated carbocycles. The average Bonchev–Trinajstić information content (AvgIpc) is 2.87. The van der Waals surface area contributed by atoms with Crippen molar-refractivity contribution in [3.8, 4) is 5.75 Å². The number of fused-ring (bicyclic) bond motifs is 1. The van der Waals surface area contributed by atoms with Crippen molar-refractivity contribution in [2.24, 2.45) is 5.73 Å². The lowest BCUT2D eigenvalue weighted by atomic mass is 10.1. The third-order valence-corrected chi connectivity index (χ3v) is 3.64. The molecule has 2 aromatic rings. The Bertz CT molecular complexity index is 630. The Labute approximate surface area is 123 Å². The molecule has 0 aliphatic heterocycles. The summed E-state index contributed by atoms with van der Waals surface area (Å²) in [5.41, 5.74) is 8.90. The first-order chi connectivity index (χ1) is 10.2. The summed E-state index contributed by atoms with van der Waals surface area (Å²) >= 11 is 0. The summed E-state index contributed by atoms with van der Waals surface area (Å²) in [6.07, 6.45) is 2.06. The SMILES string of the molecule is NC(=O)COc1cccc(NC2Cc3ccccc3C2)c1. The van der Waals surface area contributed by atoms with Gasteiger partial charge in [0.15, 0.2) is 6.61 Å². The average molecular weight is 282 g/mol. The van der Waals surface area contributed by atoms with Crippen LogP contribution in [-0.4, -0.2) is 18.6 Å². The van der Waals surface area contributed by atoms with Crippen LogP contribution in [0, 0.1) is 0 Å². The molecule has 108 valence electrons. The van der Waals surface area contributed by atoms with Crippen LogP contribution in [0.3, 0.4) is 0 Å². The van der Waals surface area contributed by atoms with Crippen molar-refractivity contribution in [3.05, 3.63) is 59.7 Å². The Kier molecular flexibility index (Phi) is 3.77. The summed E-state index contributed by atoms with van der Waals surface area (Å²) in [6, 6.07) is 16.5. The molecule has 0 saturated heterocycles. The first kappa shape index (κ1) is 13.5. The lowest BCUT2D eigenvalue weighted by molar-refractivity contribution is -0.119. The molecule has 1 aliphatic rings. The van der Waals surface area contributed by atoms with Crippen LogP contribution in [0.4, 0.5) is 5.69 Å². The van der Waals surface area contributed by atoms with E-state index >= 15 is 0 Å². The fourth-order valence-corrected chi connectivity index (χ4v) is 2.73. The number of nitrogens with two attached hydrogens (primary N) is 1. The van der Waals surface area contributed by atoms with Crippen LogP contribution < -0.4 is 15.8 Å². The smallest absolute Gasteiger partial charge is 0.255 e. The third kappa shape index (κ3) is 3.34. The predicted octanol–water partition coefficient (Wildman–Crippen LogP) is 2.13. The largest absolute Gasteiger partial charge is 0.484 e. The minimum absolute atomic E-state index is 0.0989. The molecular formula is C17H18N2O2. The van der Waals surface area contributed by atoms with Crippen molar-refractivity contribution in [1.82, 2.24) is 0 Å². The highest BCUT2D eigenvalue weighted by atomic mass is 16.5. The summed E-state index contributed by atoms with van der Waals surface area (Å²) in [5.74, 6) is 0.175. The highest BCUT2D eigenvalue weighted by molar-refractivity contribution is 5.75. The number of amides is 1. The Morgan fingerprint density at radius 1 is 1.14 bits per heavy atom. The zero-order valence-electron chi connectivity index (χ0n) is 11.7. The highest BCUT2D eigenvalue weighted by Crippen LogP contribution is 2.25. The van der Waals surface area contributed by atoms with Gasteiger partial charge >= 0.3 is 0 Å². The summed E-state index contributed by atoms with van der Waals surface area (Å²) in [5, 5.41) is 3.52. The summed E-state index contributed by atoms with van der Waals surface area (Å²) in [7, 11) is 0. The van der Waals surface area contributed by atoms with Gasteiger partial charge in [0, 0.05) is 17.8 Å². The molecule has 0 fully saturated rings. The molecule has 0 bridgehead atoms. The Morgan fingerprint density at radius 2 is 1.86 bits per heavy atom. The normalized spacial score (nSPS) is 13.7. The lowest BCUT2D eigenvalue weighted by Crippen LogP contribution is -2.21. The molecule has 0 heterocycles. The number of hydrogen-bond donors (Lipinski definition) is 2. The van der Waals surface area contributed by atoms with E-state index in [2.05, 4.69) is 29.6 Å². The molecule has 1 amide bonds. The zero-order chi connectivity index (χ0) is 14.7. The maximum Gasteiger partial charge on any atom is 0.255 e. The summed E-state index contributed by atoms with van der Waals surface area (Å²) in [4.78, 5) is 10.7. The van der Waals surface area contributed by atoms with Gasteiger partial charge in [-0.15, -0.1) is 0 Å². The van der Waals surface area contributed by atoms with E-state index in [1.807, 2.05) is 24.3 Å². The van der Waals surface area contributed by atoms with Gasteiger partial charge in [-0.25, -0.2) is 0 Å². The molecule has 0 atom stereocenters. The fourth-order valence-electron chi connectivity index (χ4n) is 2.73. The van der Waals surface area contributed by atoms with E-state index in [1.54, 1.807) is 0 Å². The number of benzene rings is 2. The van der Waals surface area contributed by atoms with Gasteiger partial charge in [0.2, 0.25) is 0 Å².